The van der Waals surface area contributed by atoms with Gasteiger partial charge < -0.3 is 5.11 Å². The minimum Gasteiger partial charge on any atom is -0.393 e. The molecular formula is C17H30O. The summed E-state index contributed by atoms with van der Waals surface area (Å²) >= 11 is 0. The quantitative estimate of drug-likeness (QED) is 0.770. The van der Waals surface area contributed by atoms with Gasteiger partial charge in [-0.15, -0.1) is 0 Å². The number of rotatable bonds is 2. The number of hydrogen-bond acceptors (Lipinski definition) is 1. The van der Waals surface area contributed by atoms with E-state index in [1.807, 2.05) is 0 Å². The highest BCUT2D eigenvalue weighted by atomic mass is 16.3. The first-order valence-corrected chi connectivity index (χ1v) is 8.09. The fourth-order valence-corrected chi connectivity index (χ4v) is 6.25. The summed E-state index contributed by atoms with van der Waals surface area (Å²) < 4.78 is 0. The predicted octanol–water partition coefficient (Wildman–Crippen LogP) is 4.39. The molecule has 0 amide bonds. The van der Waals surface area contributed by atoms with E-state index in [2.05, 4.69) is 27.7 Å². The summed E-state index contributed by atoms with van der Waals surface area (Å²) in [6.45, 7) is 9.50. The van der Waals surface area contributed by atoms with Gasteiger partial charge in [0, 0.05) is 0 Å². The zero-order chi connectivity index (χ0) is 13.2. The average Bonchev–Trinajstić information content (AvgIpc) is 2.96. The first-order valence-electron chi connectivity index (χ1n) is 8.09. The van der Waals surface area contributed by atoms with Crippen LogP contribution in [0, 0.1) is 28.1 Å². The van der Waals surface area contributed by atoms with E-state index in [1.54, 1.807) is 0 Å². The van der Waals surface area contributed by atoms with E-state index in [0.29, 0.717) is 10.8 Å². The molecule has 5 atom stereocenters. The molecule has 0 aromatic heterocycles. The molecule has 104 valence electrons. The molecule has 0 saturated heterocycles. The number of hydrogen-bond donors (Lipinski definition) is 1. The Morgan fingerprint density at radius 3 is 2.56 bits per heavy atom. The fraction of sp³-hybridized carbons (Fsp3) is 1.00. The van der Waals surface area contributed by atoms with Crippen molar-refractivity contribution in [3.05, 3.63) is 0 Å². The van der Waals surface area contributed by atoms with Gasteiger partial charge in [-0.25, -0.2) is 0 Å². The van der Waals surface area contributed by atoms with E-state index in [1.165, 1.54) is 38.5 Å². The van der Waals surface area contributed by atoms with Crippen molar-refractivity contribution in [3.63, 3.8) is 0 Å². The second kappa shape index (κ2) is 3.75. The van der Waals surface area contributed by atoms with Crippen LogP contribution in [-0.4, -0.2) is 11.2 Å². The van der Waals surface area contributed by atoms with Crippen LogP contribution in [0.15, 0.2) is 0 Å². The molecule has 1 nitrogen and oxygen atoms in total. The molecule has 3 fully saturated rings. The Balaban J connectivity index is 1.95. The summed E-state index contributed by atoms with van der Waals surface area (Å²) in [6, 6.07) is 0. The lowest BCUT2D eigenvalue weighted by atomic mass is 9.52. The molecule has 0 aromatic carbocycles. The highest BCUT2D eigenvalue weighted by Crippen LogP contribution is 2.82. The van der Waals surface area contributed by atoms with Crippen LogP contribution in [0.2, 0.25) is 0 Å². The predicted molar refractivity (Wildman–Crippen MR) is 75.3 cm³/mol. The van der Waals surface area contributed by atoms with Crippen LogP contribution in [0.1, 0.15) is 72.6 Å². The van der Waals surface area contributed by atoms with E-state index in [0.717, 1.165) is 18.3 Å². The normalized spacial score (nSPS) is 53.5. The Kier molecular flexibility index (Phi) is 2.70. The van der Waals surface area contributed by atoms with E-state index in [-0.39, 0.29) is 11.5 Å². The Morgan fingerprint density at radius 1 is 1.17 bits per heavy atom. The third-order valence-electron chi connectivity index (χ3n) is 7.31. The van der Waals surface area contributed by atoms with Crippen molar-refractivity contribution in [2.75, 3.05) is 0 Å². The summed E-state index contributed by atoms with van der Waals surface area (Å²) in [5, 5.41) is 10.4. The van der Waals surface area contributed by atoms with Crippen molar-refractivity contribution < 1.29 is 5.11 Å². The van der Waals surface area contributed by atoms with Gasteiger partial charge >= 0.3 is 0 Å². The van der Waals surface area contributed by atoms with E-state index < -0.39 is 0 Å². The Labute approximate surface area is 112 Å². The highest BCUT2D eigenvalue weighted by molar-refractivity contribution is 5.24. The van der Waals surface area contributed by atoms with Crippen molar-refractivity contribution in [1.82, 2.24) is 0 Å². The fourth-order valence-electron chi connectivity index (χ4n) is 6.25. The second-order valence-electron chi connectivity index (χ2n) is 8.15. The molecule has 3 saturated carbocycles. The molecule has 3 rings (SSSR count). The number of aliphatic hydroxyl groups excluding tert-OH is 1. The van der Waals surface area contributed by atoms with Crippen LogP contribution < -0.4 is 0 Å². The Hall–Kier alpha value is -0.0400. The van der Waals surface area contributed by atoms with Gasteiger partial charge in [0.2, 0.25) is 0 Å². The van der Waals surface area contributed by atoms with Gasteiger partial charge in [-0.2, -0.15) is 0 Å². The van der Waals surface area contributed by atoms with Gasteiger partial charge in [0.25, 0.3) is 0 Å². The van der Waals surface area contributed by atoms with Crippen molar-refractivity contribution >= 4 is 0 Å². The van der Waals surface area contributed by atoms with Crippen LogP contribution in [0.5, 0.6) is 0 Å². The molecule has 0 aromatic rings. The summed E-state index contributed by atoms with van der Waals surface area (Å²) in [6.07, 6.45) is 9.25. The highest BCUT2D eigenvalue weighted by Gasteiger charge is 2.75. The van der Waals surface area contributed by atoms with Crippen molar-refractivity contribution in [2.45, 2.75) is 78.7 Å². The first kappa shape index (κ1) is 13.0. The van der Waals surface area contributed by atoms with Gasteiger partial charge in [-0.3, -0.25) is 0 Å². The third-order valence-corrected chi connectivity index (χ3v) is 7.31. The topological polar surface area (TPSA) is 20.2 Å². The molecule has 0 aliphatic heterocycles. The van der Waals surface area contributed by atoms with E-state index >= 15 is 0 Å². The standard InChI is InChI=1S/C17H30O/c1-5-9-16-11-17(16)10-8-14(18)15(3,4)13(17)7-6-12(16)2/h12-14,18H,5-11H2,1-4H3. The second-order valence-corrected chi connectivity index (χ2v) is 8.15. The zero-order valence-electron chi connectivity index (χ0n) is 12.6. The summed E-state index contributed by atoms with van der Waals surface area (Å²) in [4.78, 5) is 0. The molecule has 5 unspecified atom stereocenters. The summed E-state index contributed by atoms with van der Waals surface area (Å²) in [5.74, 6) is 1.69. The average molecular weight is 250 g/mol. The van der Waals surface area contributed by atoms with Crippen LogP contribution in [0.3, 0.4) is 0 Å². The maximum absolute atomic E-state index is 10.4. The van der Waals surface area contributed by atoms with Gasteiger partial charge in [0.15, 0.2) is 0 Å². The van der Waals surface area contributed by atoms with Crippen molar-refractivity contribution in [2.24, 2.45) is 28.1 Å². The molecule has 3 aliphatic carbocycles. The molecule has 18 heavy (non-hydrogen) atoms. The van der Waals surface area contributed by atoms with E-state index in [9.17, 15) is 5.11 Å². The van der Waals surface area contributed by atoms with Crippen LogP contribution in [0.25, 0.3) is 0 Å². The van der Waals surface area contributed by atoms with E-state index in [4.69, 9.17) is 0 Å². The van der Waals surface area contributed by atoms with Crippen molar-refractivity contribution in [1.29, 1.82) is 0 Å². The molecule has 3 aliphatic rings. The monoisotopic (exact) mass is 250 g/mol. The Bertz CT molecular complexity index is 348. The van der Waals surface area contributed by atoms with Crippen LogP contribution in [0.4, 0.5) is 0 Å². The lowest BCUT2D eigenvalue weighted by Crippen LogP contribution is -2.50. The number of aliphatic hydroxyl groups is 1. The van der Waals surface area contributed by atoms with Crippen LogP contribution >= 0.6 is 0 Å². The summed E-state index contributed by atoms with van der Waals surface area (Å²) in [7, 11) is 0. The smallest absolute Gasteiger partial charge is 0.0594 e. The van der Waals surface area contributed by atoms with Gasteiger partial charge in [-0.05, 0) is 66.6 Å². The maximum atomic E-state index is 10.4. The van der Waals surface area contributed by atoms with Gasteiger partial charge in [0.05, 0.1) is 6.10 Å². The van der Waals surface area contributed by atoms with Crippen molar-refractivity contribution in [3.8, 4) is 0 Å². The lowest BCUT2D eigenvalue weighted by molar-refractivity contribution is -0.103. The lowest BCUT2D eigenvalue weighted by Gasteiger charge is -2.54. The van der Waals surface area contributed by atoms with Gasteiger partial charge in [-0.1, -0.05) is 34.1 Å². The first-order chi connectivity index (χ1) is 8.41. The third kappa shape index (κ3) is 1.32. The molecule has 1 N–H and O–H groups in total. The molecule has 1 spiro atoms. The SMILES string of the molecule is CCCC12CC13CCC(O)C(C)(C)C3CCC2C. The minimum absolute atomic E-state index is 0.0681. The molecular weight excluding hydrogens is 220 g/mol. The van der Waals surface area contributed by atoms with Crippen LogP contribution in [-0.2, 0) is 0 Å². The Morgan fingerprint density at radius 2 is 1.89 bits per heavy atom. The molecule has 1 heteroatoms. The van der Waals surface area contributed by atoms with Gasteiger partial charge in [0.1, 0.15) is 0 Å². The molecule has 0 heterocycles. The maximum Gasteiger partial charge on any atom is 0.0594 e. The zero-order valence-corrected chi connectivity index (χ0v) is 12.6. The molecule has 0 bridgehead atoms. The summed E-state index contributed by atoms with van der Waals surface area (Å²) in [5.41, 5.74) is 1.42. The largest absolute Gasteiger partial charge is 0.393 e. The molecule has 0 radical (unpaired) electrons. The minimum atomic E-state index is -0.0681.